The fraction of sp³-hybridized carbons (Fsp3) is 0.412. The summed E-state index contributed by atoms with van der Waals surface area (Å²) >= 11 is 0. The van der Waals surface area contributed by atoms with E-state index in [0.29, 0.717) is 30.2 Å². The van der Waals surface area contributed by atoms with E-state index < -0.39 is 11.0 Å². The molecule has 0 radical (unpaired) electrons. The molecule has 2 aromatic rings. The summed E-state index contributed by atoms with van der Waals surface area (Å²) in [6, 6.07) is 4.92. The number of nitrogens with one attached hydrogen (secondary N) is 1. The summed E-state index contributed by atoms with van der Waals surface area (Å²) in [4.78, 5) is 22.7. The van der Waals surface area contributed by atoms with Crippen LogP contribution in [0.2, 0.25) is 0 Å². The summed E-state index contributed by atoms with van der Waals surface area (Å²) in [6.45, 7) is 3.63. The number of ether oxygens (including phenoxy) is 2. The van der Waals surface area contributed by atoms with Crippen LogP contribution in [0.3, 0.4) is 0 Å². The largest absolute Gasteiger partial charge is 0.493 e. The number of amides is 1. The summed E-state index contributed by atoms with van der Waals surface area (Å²) in [5.74, 6) is 1.01. The number of rotatable bonds is 8. The van der Waals surface area contributed by atoms with Crippen molar-refractivity contribution in [2.45, 2.75) is 26.3 Å². The maximum absolute atomic E-state index is 12.3. The Bertz CT molecular complexity index is 802. The standard InChI is InChI=1S/C17H22N4O5/c1-11-14(21(23)24)10-19-20(11)12(2)17(22)18-8-7-13-5-6-15(25-3)16(9-13)26-4/h5-6,9-10,12H,7-8H2,1-4H3,(H,18,22). The van der Waals surface area contributed by atoms with Gasteiger partial charge in [0.05, 0.1) is 19.1 Å². The molecule has 0 aliphatic rings. The number of nitro groups is 1. The number of benzene rings is 1. The lowest BCUT2D eigenvalue weighted by Crippen LogP contribution is -2.33. The molecule has 9 nitrogen and oxygen atoms in total. The van der Waals surface area contributed by atoms with Crippen molar-refractivity contribution in [1.82, 2.24) is 15.1 Å². The third-order valence-electron chi connectivity index (χ3n) is 4.12. The van der Waals surface area contributed by atoms with E-state index in [9.17, 15) is 14.9 Å². The zero-order valence-corrected chi connectivity index (χ0v) is 15.2. The van der Waals surface area contributed by atoms with Crippen LogP contribution < -0.4 is 14.8 Å². The molecule has 140 valence electrons. The Morgan fingerprint density at radius 3 is 2.62 bits per heavy atom. The lowest BCUT2D eigenvalue weighted by molar-refractivity contribution is -0.385. The highest BCUT2D eigenvalue weighted by atomic mass is 16.6. The second-order valence-corrected chi connectivity index (χ2v) is 5.72. The molecule has 0 saturated heterocycles. The van der Waals surface area contributed by atoms with Gasteiger partial charge in [0.1, 0.15) is 17.9 Å². The van der Waals surface area contributed by atoms with Crippen molar-refractivity contribution in [3.8, 4) is 11.5 Å². The molecule has 1 aromatic carbocycles. The summed E-state index contributed by atoms with van der Waals surface area (Å²) in [6.07, 6.45) is 1.76. The van der Waals surface area contributed by atoms with Crippen molar-refractivity contribution < 1.29 is 19.2 Å². The minimum atomic E-state index is -0.644. The number of carbonyl (C=O) groups is 1. The first kappa shape index (κ1) is 19.2. The summed E-state index contributed by atoms with van der Waals surface area (Å²) in [5.41, 5.74) is 1.23. The average Bonchev–Trinajstić information content (AvgIpc) is 3.02. The first-order valence-electron chi connectivity index (χ1n) is 8.06. The van der Waals surface area contributed by atoms with E-state index in [4.69, 9.17) is 9.47 Å². The van der Waals surface area contributed by atoms with Crippen LogP contribution in [0, 0.1) is 17.0 Å². The first-order valence-corrected chi connectivity index (χ1v) is 8.06. The molecule has 0 aliphatic heterocycles. The molecule has 0 saturated carbocycles. The van der Waals surface area contributed by atoms with Crippen molar-refractivity contribution in [1.29, 1.82) is 0 Å². The topological polar surface area (TPSA) is 109 Å². The van der Waals surface area contributed by atoms with E-state index in [-0.39, 0.29) is 11.6 Å². The maximum Gasteiger partial charge on any atom is 0.309 e. The van der Waals surface area contributed by atoms with Crippen LogP contribution in [-0.4, -0.2) is 41.4 Å². The van der Waals surface area contributed by atoms with E-state index >= 15 is 0 Å². The van der Waals surface area contributed by atoms with Gasteiger partial charge in [-0.3, -0.25) is 19.6 Å². The summed E-state index contributed by atoms with van der Waals surface area (Å²) < 4.78 is 11.8. The van der Waals surface area contributed by atoms with Crippen molar-refractivity contribution in [3.63, 3.8) is 0 Å². The normalized spacial score (nSPS) is 11.7. The monoisotopic (exact) mass is 362 g/mol. The molecule has 0 bridgehead atoms. The third-order valence-corrected chi connectivity index (χ3v) is 4.12. The Kier molecular flexibility index (Phi) is 6.16. The molecule has 0 aliphatic carbocycles. The molecule has 0 fully saturated rings. The predicted octanol–water partition coefficient (Wildman–Crippen LogP) is 2.04. The van der Waals surface area contributed by atoms with Crippen LogP contribution >= 0.6 is 0 Å². The lowest BCUT2D eigenvalue weighted by Gasteiger charge is -2.14. The van der Waals surface area contributed by atoms with Gasteiger partial charge in [-0.25, -0.2) is 0 Å². The molecule has 1 N–H and O–H groups in total. The number of hydrogen-bond donors (Lipinski definition) is 1. The van der Waals surface area contributed by atoms with Gasteiger partial charge in [-0.05, 0) is 38.0 Å². The predicted molar refractivity (Wildman–Crippen MR) is 94.6 cm³/mol. The Hall–Kier alpha value is -3.10. The Balaban J connectivity index is 1.95. The minimum absolute atomic E-state index is 0.102. The summed E-state index contributed by atoms with van der Waals surface area (Å²) in [7, 11) is 3.14. The van der Waals surface area contributed by atoms with Crippen molar-refractivity contribution in [2.24, 2.45) is 0 Å². The van der Waals surface area contributed by atoms with Crippen LogP contribution in [0.5, 0.6) is 11.5 Å². The van der Waals surface area contributed by atoms with Gasteiger partial charge in [0.2, 0.25) is 5.91 Å². The molecule has 1 heterocycles. The van der Waals surface area contributed by atoms with Gasteiger partial charge in [-0.2, -0.15) is 5.10 Å². The first-order chi connectivity index (χ1) is 12.4. The quantitative estimate of drug-likeness (QED) is 0.568. The van der Waals surface area contributed by atoms with Gasteiger partial charge >= 0.3 is 5.69 Å². The fourth-order valence-electron chi connectivity index (χ4n) is 2.61. The zero-order valence-electron chi connectivity index (χ0n) is 15.2. The van der Waals surface area contributed by atoms with E-state index in [0.717, 1.165) is 11.8 Å². The fourth-order valence-corrected chi connectivity index (χ4v) is 2.61. The molecule has 1 aromatic heterocycles. The van der Waals surface area contributed by atoms with Crippen molar-refractivity contribution in [2.75, 3.05) is 20.8 Å². The van der Waals surface area contributed by atoms with Gasteiger partial charge in [0.25, 0.3) is 0 Å². The minimum Gasteiger partial charge on any atom is -0.493 e. The maximum atomic E-state index is 12.3. The lowest BCUT2D eigenvalue weighted by atomic mass is 10.1. The molecule has 1 amide bonds. The van der Waals surface area contributed by atoms with Crippen LogP contribution in [-0.2, 0) is 11.2 Å². The number of carbonyl (C=O) groups excluding carboxylic acids is 1. The van der Waals surface area contributed by atoms with Crippen LogP contribution in [0.1, 0.15) is 24.2 Å². The molecule has 1 atom stereocenters. The number of aromatic nitrogens is 2. The van der Waals surface area contributed by atoms with Gasteiger partial charge in [0, 0.05) is 6.54 Å². The molecule has 26 heavy (non-hydrogen) atoms. The number of hydrogen-bond acceptors (Lipinski definition) is 6. The average molecular weight is 362 g/mol. The molecule has 9 heteroatoms. The van der Waals surface area contributed by atoms with E-state index in [2.05, 4.69) is 10.4 Å². The molecule has 1 unspecified atom stereocenters. The van der Waals surface area contributed by atoms with Crippen LogP contribution in [0.25, 0.3) is 0 Å². The molecule has 0 spiro atoms. The zero-order chi connectivity index (χ0) is 19.3. The van der Waals surface area contributed by atoms with E-state index in [1.807, 2.05) is 18.2 Å². The van der Waals surface area contributed by atoms with E-state index in [1.54, 1.807) is 28.1 Å². The highest BCUT2D eigenvalue weighted by molar-refractivity contribution is 5.80. The summed E-state index contributed by atoms with van der Waals surface area (Å²) in [5, 5.41) is 17.7. The van der Waals surface area contributed by atoms with Gasteiger partial charge in [0.15, 0.2) is 11.5 Å². The van der Waals surface area contributed by atoms with Gasteiger partial charge < -0.3 is 14.8 Å². The number of methoxy groups -OCH3 is 2. The molecular formula is C17H22N4O5. The highest BCUT2D eigenvalue weighted by Crippen LogP contribution is 2.27. The number of nitrogens with zero attached hydrogens (tertiary/aromatic N) is 3. The second kappa shape index (κ2) is 8.32. The highest BCUT2D eigenvalue weighted by Gasteiger charge is 2.23. The Morgan fingerprint density at radius 2 is 2.04 bits per heavy atom. The Morgan fingerprint density at radius 1 is 1.35 bits per heavy atom. The molecular weight excluding hydrogens is 340 g/mol. The SMILES string of the molecule is COc1ccc(CCNC(=O)C(C)n2ncc([N+](=O)[O-])c2C)cc1OC. The third kappa shape index (κ3) is 4.11. The smallest absolute Gasteiger partial charge is 0.309 e. The van der Waals surface area contributed by atoms with E-state index in [1.165, 1.54) is 4.68 Å². The van der Waals surface area contributed by atoms with Gasteiger partial charge in [-0.15, -0.1) is 0 Å². The molecule has 2 rings (SSSR count). The Labute approximate surface area is 151 Å². The van der Waals surface area contributed by atoms with Crippen molar-refractivity contribution in [3.05, 3.63) is 45.8 Å². The van der Waals surface area contributed by atoms with Crippen LogP contribution in [0.15, 0.2) is 24.4 Å². The second-order valence-electron chi connectivity index (χ2n) is 5.72. The van der Waals surface area contributed by atoms with Crippen LogP contribution in [0.4, 0.5) is 5.69 Å². The van der Waals surface area contributed by atoms with Gasteiger partial charge in [-0.1, -0.05) is 6.07 Å². The van der Waals surface area contributed by atoms with Crippen molar-refractivity contribution >= 4 is 11.6 Å².